The van der Waals surface area contributed by atoms with Crippen molar-refractivity contribution in [1.82, 2.24) is 4.98 Å². The van der Waals surface area contributed by atoms with E-state index in [-0.39, 0.29) is 0 Å². The van der Waals surface area contributed by atoms with Gasteiger partial charge in [0, 0.05) is 42.6 Å². The van der Waals surface area contributed by atoms with E-state index < -0.39 is 14.8 Å². The van der Waals surface area contributed by atoms with E-state index in [0.29, 0.717) is 24.1 Å². The Labute approximate surface area is 214 Å². The van der Waals surface area contributed by atoms with Crippen LogP contribution in [0.5, 0.6) is 11.5 Å². The van der Waals surface area contributed by atoms with Gasteiger partial charge in [0.25, 0.3) is 0 Å². The van der Waals surface area contributed by atoms with Gasteiger partial charge in [0.05, 0.1) is 19.4 Å². The van der Waals surface area contributed by atoms with Crippen molar-refractivity contribution in [1.29, 1.82) is 0 Å². The van der Waals surface area contributed by atoms with Crippen LogP contribution in [0.3, 0.4) is 0 Å². The zero-order chi connectivity index (χ0) is 24.9. The number of anilines is 1. The largest absolute Gasteiger partial charge is 0.497 e. The molecular formula is C29H33N2O4Si. The highest BCUT2D eigenvalue weighted by atomic mass is 28.3. The van der Waals surface area contributed by atoms with E-state index in [1.807, 2.05) is 42.6 Å². The SMILES string of the molecule is COc1ccc(-c2ccccn2)c(N2CCC(COc3cccc([Si](CC(=O)O)C4CC4)c3)CC2)c1. The van der Waals surface area contributed by atoms with Crippen molar-refractivity contribution < 1.29 is 19.4 Å². The Hall–Kier alpha value is -3.32. The molecule has 1 radical (unpaired) electrons. The van der Waals surface area contributed by atoms with Gasteiger partial charge in [-0.2, -0.15) is 0 Å². The second-order valence-electron chi connectivity index (χ2n) is 9.74. The predicted molar refractivity (Wildman–Crippen MR) is 144 cm³/mol. The van der Waals surface area contributed by atoms with Crippen molar-refractivity contribution >= 4 is 25.6 Å². The molecule has 6 nitrogen and oxygen atoms in total. The van der Waals surface area contributed by atoms with Crippen LogP contribution in [0.25, 0.3) is 11.3 Å². The zero-order valence-electron chi connectivity index (χ0n) is 20.7. The molecule has 187 valence electrons. The minimum absolute atomic E-state index is 0.294. The summed E-state index contributed by atoms with van der Waals surface area (Å²) in [6.45, 7) is 2.59. The number of carboxylic acid groups (broad SMARTS) is 1. The number of aliphatic carboxylic acids is 1. The quantitative estimate of drug-likeness (QED) is 0.394. The van der Waals surface area contributed by atoms with Gasteiger partial charge in [0.2, 0.25) is 0 Å². The molecule has 1 N–H and O–H groups in total. The molecule has 1 saturated carbocycles. The fourth-order valence-electron chi connectivity index (χ4n) is 5.06. The smallest absolute Gasteiger partial charge is 0.300 e. The fourth-order valence-corrected chi connectivity index (χ4v) is 7.85. The Morgan fingerprint density at radius 2 is 1.86 bits per heavy atom. The number of carbonyl (C=O) groups is 1. The summed E-state index contributed by atoms with van der Waals surface area (Å²) in [7, 11) is 0.639. The molecule has 5 rings (SSSR count). The molecular weight excluding hydrogens is 468 g/mol. The zero-order valence-corrected chi connectivity index (χ0v) is 21.7. The van der Waals surface area contributed by atoms with Crippen molar-refractivity contribution in [2.75, 3.05) is 31.7 Å². The number of nitrogens with zero attached hydrogens (tertiary/aromatic N) is 2. The summed E-state index contributed by atoms with van der Waals surface area (Å²) in [6.07, 6.45) is 6.27. The standard InChI is InChI=1S/C29H33N2O4Si/c1-34-22-8-11-26(27-7-2-3-14-30-27)28(18-22)31-15-12-21(13-16-31)19-35-23-5-4-6-25(17-23)36(20-29(32)33)24-9-10-24/h2-8,11,14,17-18,21,24H,9-10,12-13,15-16,19-20H2,1H3,(H,32,33). The number of pyridine rings is 1. The first kappa shape index (κ1) is 24.4. The van der Waals surface area contributed by atoms with E-state index >= 15 is 0 Å². The third-order valence-corrected chi connectivity index (χ3v) is 10.5. The average Bonchev–Trinajstić information content (AvgIpc) is 3.76. The number of aromatic nitrogens is 1. The van der Waals surface area contributed by atoms with Crippen LogP contribution in [0.2, 0.25) is 11.6 Å². The summed E-state index contributed by atoms with van der Waals surface area (Å²) in [5.74, 6) is 1.52. The van der Waals surface area contributed by atoms with Crippen molar-refractivity contribution in [2.45, 2.75) is 37.3 Å². The van der Waals surface area contributed by atoms with Gasteiger partial charge in [-0.25, -0.2) is 0 Å². The lowest BCUT2D eigenvalue weighted by Crippen LogP contribution is -2.36. The topological polar surface area (TPSA) is 71.9 Å². The lowest BCUT2D eigenvalue weighted by atomic mass is 9.96. The third kappa shape index (κ3) is 5.90. The molecule has 2 aliphatic rings. The number of hydrogen-bond acceptors (Lipinski definition) is 5. The normalized spacial score (nSPS) is 16.2. The Bertz CT molecular complexity index is 1180. The second kappa shape index (κ2) is 11.2. The molecule has 2 aromatic carbocycles. The van der Waals surface area contributed by atoms with E-state index in [1.54, 1.807) is 7.11 Å². The van der Waals surface area contributed by atoms with Crippen LogP contribution in [0, 0.1) is 5.92 Å². The number of methoxy groups -OCH3 is 1. The van der Waals surface area contributed by atoms with Gasteiger partial charge < -0.3 is 19.5 Å². The molecule has 1 saturated heterocycles. The summed E-state index contributed by atoms with van der Waals surface area (Å²) >= 11 is 0. The molecule has 0 amide bonds. The maximum atomic E-state index is 11.4. The number of carboxylic acids is 1. The van der Waals surface area contributed by atoms with E-state index in [4.69, 9.17) is 9.47 Å². The lowest BCUT2D eigenvalue weighted by molar-refractivity contribution is -0.134. The van der Waals surface area contributed by atoms with Crippen LogP contribution in [-0.4, -0.2) is 51.7 Å². The van der Waals surface area contributed by atoms with Crippen LogP contribution in [0.1, 0.15) is 25.7 Å². The van der Waals surface area contributed by atoms with E-state index in [0.717, 1.165) is 54.4 Å². The van der Waals surface area contributed by atoms with E-state index in [1.165, 1.54) is 18.0 Å². The van der Waals surface area contributed by atoms with Crippen molar-refractivity contribution in [3.8, 4) is 22.8 Å². The Kier molecular flexibility index (Phi) is 7.56. The highest BCUT2D eigenvalue weighted by Gasteiger charge is 2.35. The predicted octanol–water partition coefficient (Wildman–Crippen LogP) is 5.00. The maximum Gasteiger partial charge on any atom is 0.300 e. The maximum absolute atomic E-state index is 11.4. The molecule has 2 fully saturated rings. The summed E-state index contributed by atoms with van der Waals surface area (Å²) in [5, 5.41) is 10.6. The molecule has 0 bridgehead atoms. The number of rotatable bonds is 10. The van der Waals surface area contributed by atoms with Crippen LogP contribution in [-0.2, 0) is 4.79 Å². The molecule has 3 aromatic rings. The average molecular weight is 502 g/mol. The number of benzene rings is 2. The molecule has 1 aromatic heterocycles. The van der Waals surface area contributed by atoms with Gasteiger partial charge in [0.1, 0.15) is 20.3 Å². The molecule has 7 heteroatoms. The first-order valence-electron chi connectivity index (χ1n) is 12.8. The Morgan fingerprint density at radius 3 is 2.56 bits per heavy atom. The van der Waals surface area contributed by atoms with Crippen LogP contribution in [0.15, 0.2) is 66.9 Å². The summed E-state index contributed by atoms with van der Waals surface area (Å²) in [4.78, 5) is 18.4. The van der Waals surface area contributed by atoms with Gasteiger partial charge in [-0.1, -0.05) is 36.2 Å². The Morgan fingerprint density at radius 1 is 1.03 bits per heavy atom. The van der Waals surface area contributed by atoms with Crippen LogP contribution in [0.4, 0.5) is 5.69 Å². The van der Waals surface area contributed by atoms with Gasteiger partial charge >= 0.3 is 5.97 Å². The van der Waals surface area contributed by atoms with E-state index in [9.17, 15) is 9.90 Å². The highest BCUT2D eigenvalue weighted by Crippen LogP contribution is 2.40. The second-order valence-corrected chi connectivity index (χ2v) is 12.5. The van der Waals surface area contributed by atoms with E-state index in [2.05, 4.69) is 34.1 Å². The van der Waals surface area contributed by atoms with Crippen LogP contribution >= 0.6 is 0 Å². The summed E-state index contributed by atoms with van der Waals surface area (Å²) in [6, 6.07) is 20.7. The first-order chi connectivity index (χ1) is 17.6. The molecule has 1 aliphatic heterocycles. The molecule has 1 aliphatic carbocycles. The van der Waals surface area contributed by atoms with Crippen molar-refractivity contribution in [3.63, 3.8) is 0 Å². The lowest BCUT2D eigenvalue weighted by Gasteiger charge is -2.34. The number of piperidine rings is 1. The van der Waals surface area contributed by atoms with Crippen molar-refractivity contribution in [2.24, 2.45) is 5.92 Å². The minimum atomic E-state index is -1.06. The monoisotopic (exact) mass is 501 g/mol. The van der Waals surface area contributed by atoms with Crippen molar-refractivity contribution in [3.05, 3.63) is 66.9 Å². The van der Waals surface area contributed by atoms with Gasteiger partial charge in [-0.05, 0) is 60.7 Å². The molecule has 0 unspecified atom stereocenters. The third-order valence-electron chi connectivity index (χ3n) is 7.20. The fraction of sp³-hybridized carbons (Fsp3) is 0.379. The van der Waals surface area contributed by atoms with Gasteiger partial charge in [0.15, 0.2) is 0 Å². The summed E-state index contributed by atoms with van der Waals surface area (Å²) < 4.78 is 11.7. The van der Waals surface area contributed by atoms with Crippen LogP contribution < -0.4 is 19.6 Å². The number of ether oxygens (including phenoxy) is 2. The number of hydrogen-bond donors (Lipinski definition) is 1. The first-order valence-corrected chi connectivity index (χ1v) is 14.5. The van der Waals surface area contributed by atoms with Gasteiger partial charge in [-0.15, -0.1) is 0 Å². The molecule has 0 spiro atoms. The molecule has 2 heterocycles. The Balaban J connectivity index is 1.21. The minimum Gasteiger partial charge on any atom is -0.497 e. The van der Waals surface area contributed by atoms with Gasteiger partial charge in [-0.3, -0.25) is 9.78 Å². The summed E-state index contributed by atoms with van der Waals surface area (Å²) in [5.41, 5.74) is 3.85. The molecule has 0 atom stereocenters. The molecule has 36 heavy (non-hydrogen) atoms. The highest BCUT2D eigenvalue weighted by molar-refractivity contribution is 6.77.